The molecular weight excluding hydrogens is 247 g/mol. The largest absolute Gasteiger partial charge is 0.467 e. The van der Waals surface area contributed by atoms with E-state index in [0.29, 0.717) is 17.7 Å². The third-order valence-corrected chi connectivity index (χ3v) is 3.03. The fraction of sp³-hybridized carbons (Fsp3) is 0.417. The Kier molecular flexibility index (Phi) is 2.76. The van der Waals surface area contributed by atoms with Crippen molar-refractivity contribution in [3.63, 3.8) is 0 Å². The van der Waals surface area contributed by atoms with E-state index in [1.54, 1.807) is 6.92 Å². The van der Waals surface area contributed by atoms with Gasteiger partial charge in [-0.05, 0) is 24.6 Å². The average molecular weight is 259 g/mol. The van der Waals surface area contributed by atoms with E-state index in [1.807, 2.05) is 0 Å². The summed E-state index contributed by atoms with van der Waals surface area (Å²) in [4.78, 5) is 11.6. The maximum Gasteiger partial charge on any atom is 0.416 e. The van der Waals surface area contributed by atoms with E-state index >= 15 is 0 Å². The molecule has 0 aromatic heterocycles. The van der Waals surface area contributed by atoms with Crippen LogP contribution in [0, 0.1) is 0 Å². The van der Waals surface area contributed by atoms with E-state index in [4.69, 9.17) is 0 Å². The normalized spacial score (nSPS) is 22.3. The lowest BCUT2D eigenvalue weighted by molar-refractivity contribution is -0.145. The number of benzene rings is 1. The van der Waals surface area contributed by atoms with Gasteiger partial charge in [-0.2, -0.15) is 13.2 Å². The van der Waals surface area contributed by atoms with Crippen molar-refractivity contribution in [3.05, 3.63) is 29.3 Å². The van der Waals surface area contributed by atoms with Crippen molar-refractivity contribution in [1.29, 1.82) is 0 Å². The summed E-state index contributed by atoms with van der Waals surface area (Å²) in [5.74, 6) is -0.493. The van der Waals surface area contributed by atoms with Gasteiger partial charge in [0.2, 0.25) is 0 Å². The number of hydrogen-bond acceptors (Lipinski definition) is 3. The van der Waals surface area contributed by atoms with Crippen LogP contribution in [0.15, 0.2) is 18.2 Å². The predicted octanol–water partition coefficient (Wildman–Crippen LogP) is 2.61. The second-order valence-corrected chi connectivity index (χ2v) is 4.50. The fourth-order valence-electron chi connectivity index (χ4n) is 2.09. The van der Waals surface area contributed by atoms with E-state index in [9.17, 15) is 18.0 Å². The molecule has 2 rings (SSSR count). The number of nitrogens with one attached hydrogen (secondary N) is 1. The van der Waals surface area contributed by atoms with Crippen LogP contribution in [0.3, 0.4) is 0 Å². The number of ether oxygens (including phenoxy) is 1. The Bertz CT molecular complexity index is 499. The molecule has 1 N–H and O–H groups in total. The molecule has 0 saturated heterocycles. The molecule has 18 heavy (non-hydrogen) atoms. The van der Waals surface area contributed by atoms with Crippen molar-refractivity contribution in [2.75, 3.05) is 12.4 Å². The molecule has 98 valence electrons. The lowest BCUT2D eigenvalue weighted by Gasteiger charge is -2.21. The summed E-state index contributed by atoms with van der Waals surface area (Å²) in [6.45, 7) is 1.60. The van der Waals surface area contributed by atoms with Gasteiger partial charge in [0.05, 0.1) is 12.7 Å². The van der Waals surface area contributed by atoms with E-state index < -0.39 is 23.2 Å². The van der Waals surface area contributed by atoms with Gasteiger partial charge < -0.3 is 10.1 Å². The molecule has 1 aromatic carbocycles. The van der Waals surface area contributed by atoms with Gasteiger partial charge in [-0.3, -0.25) is 0 Å². The second kappa shape index (κ2) is 3.90. The molecule has 0 saturated carbocycles. The van der Waals surface area contributed by atoms with Crippen molar-refractivity contribution in [3.8, 4) is 0 Å². The zero-order chi connectivity index (χ0) is 13.6. The fourth-order valence-corrected chi connectivity index (χ4v) is 2.09. The van der Waals surface area contributed by atoms with Crippen molar-refractivity contribution in [1.82, 2.24) is 0 Å². The summed E-state index contributed by atoms with van der Waals surface area (Å²) in [5, 5.41) is 2.80. The molecule has 1 aliphatic rings. The summed E-state index contributed by atoms with van der Waals surface area (Å²) in [6.07, 6.45) is -4.08. The molecule has 1 aromatic rings. The minimum atomic E-state index is -4.39. The van der Waals surface area contributed by atoms with Crippen molar-refractivity contribution in [2.24, 2.45) is 0 Å². The van der Waals surface area contributed by atoms with Crippen molar-refractivity contribution in [2.45, 2.75) is 25.1 Å². The number of hydrogen-bond donors (Lipinski definition) is 1. The van der Waals surface area contributed by atoms with Gasteiger partial charge in [-0.15, -0.1) is 0 Å². The van der Waals surface area contributed by atoms with Gasteiger partial charge in [0, 0.05) is 12.1 Å². The SMILES string of the molecule is COC(=O)C1(C)Cc2ccc(C(F)(F)F)cc2N1. The minimum Gasteiger partial charge on any atom is -0.467 e. The summed E-state index contributed by atoms with van der Waals surface area (Å²) in [7, 11) is 1.25. The molecule has 0 fully saturated rings. The maximum absolute atomic E-state index is 12.6. The van der Waals surface area contributed by atoms with E-state index in [1.165, 1.54) is 13.2 Å². The number of halogens is 3. The molecule has 0 bridgehead atoms. The lowest BCUT2D eigenvalue weighted by atomic mass is 9.97. The van der Waals surface area contributed by atoms with Gasteiger partial charge in [0.1, 0.15) is 5.54 Å². The molecular formula is C12H12F3NO2. The first-order valence-corrected chi connectivity index (χ1v) is 5.33. The monoisotopic (exact) mass is 259 g/mol. The third kappa shape index (κ3) is 2.02. The number of alkyl halides is 3. The Morgan fingerprint density at radius 3 is 2.67 bits per heavy atom. The number of carbonyl (C=O) groups excluding carboxylic acids is 1. The van der Waals surface area contributed by atoms with Crippen LogP contribution < -0.4 is 5.32 Å². The van der Waals surface area contributed by atoms with Crippen LogP contribution in [0.4, 0.5) is 18.9 Å². The Morgan fingerprint density at radius 2 is 2.11 bits per heavy atom. The van der Waals surface area contributed by atoms with Gasteiger partial charge in [-0.25, -0.2) is 4.79 Å². The Hall–Kier alpha value is -1.72. The summed E-state index contributed by atoms with van der Waals surface area (Å²) < 4.78 is 42.3. The predicted molar refractivity (Wildman–Crippen MR) is 59.2 cm³/mol. The Labute approximate surface area is 102 Å². The number of methoxy groups -OCH3 is 1. The van der Waals surface area contributed by atoms with Crippen LogP contribution in [0.5, 0.6) is 0 Å². The quantitative estimate of drug-likeness (QED) is 0.788. The van der Waals surface area contributed by atoms with E-state index in [2.05, 4.69) is 10.1 Å². The summed E-state index contributed by atoms with van der Waals surface area (Å²) >= 11 is 0. The first-order chi connectivity index (χ1) is 8.26. The van der Waals surface area contributed by atoms with Gasteiger partial charge in [-0.1, -0.05) is 6.07 Å². The smallest absolute Gasteiger partial charge is 0.416 e. The van der Waals surface area contributed by atoms with Gasteiger partial charge >= 0.3 is 12.1 Å². The Morgan fingerprint density at radius 1 is 1.44 bits per heavy atom. The summed E-state index contributed by atoms with van der Waals surface area (Å²) in [5.41, 5.74) is -0.724. The van der Waals surface area contributed by atoms with Crippen molar-refractivity contribution >= 4 is 11.7 Å². The first kappa shape index (κ1) is 12.7. The Balaban J connectivity index is 2.34. The lowest BCUT2D eigenvalue weighted by Crippen LogP contribution is -2.42. The van der Waals surface area contributed by atoms with Crippen molar-refractivity contribution < 1.29 is 22.7 Å². The van der Waals surface area contributed by atoms with Gasteiger partial charge in [0.25, 0.3) is 0 Å². The van der Waals surface area contributed by atoms with Crippen LogP contribution in [0.1, 0.15) is 18.1 Å². The first-order valence-electron chi connectivity index (χ1n) is 5.33. The van der Waals surface area contributed by atoms with Crippen LogP contribution in [-0.4, -0.2) is 18.6 Å². The molecule has 1 unspecified atom stereocenters. The second-order valence-electron chi connectivity index (χ2n) is 4.50. The topological polar surface area (TPSA) is 38.3 Å². The number of anilines is 1. The van der Waals surface area contributed by atoms with Crippen LogP contribution in [-0.2, 0) is 22.1 Å². The molecule has 0 radical (unpaired) electrons. The molecule has 1 atom stereocenters. The number of esters is 1. The molecule has 3 nitrogen and oxygen atoms in total. The average Bonchev–Trinajstić information content (AvgIpc) is 2.63. The molecule has 0 spiro atoms. The zero-order valence-electron chi connectivity index (χ0n) is 9.89. The highest BCUT2D eigenvalue weighted by Crippen LogP contribution is 2.38. The van der Waals surface area contributed by atoms with Crippen LogP contribution >= 0.6 is 0 Å². The highest BCUT2D eigenvalue weighted by Gasteiger charge is 2.41. The highest BCUT2D eigenvalue weighted by atomic mass is 19.4. The molecule has 1 aliphatic heterocycles. The van der Waals surface area contributed by atoms with Crippen LogP contribution in [0.25, 0.3) is 0 Å². The van der Waals surface area contributed by atoms with Crippen LogP contribution in [0.2, 0.25) is 0 Å². The molecule has 1 heterocycles. The van der Waals surface area contributed by atoms with E-state index in [0.717, 1.165) is 12.1 Å². The molecule has 0 amide bonds. The minimum absolute atomic E-state index is 0.313. The van der Waals surface area contributed by atoms with E-state index in [-0.39, 0.29) is 0 Å². The molecule has 0 aliphatic carbocycles. The number of carbonyl (C=O) groups is 1. The highest BCUT2D eigenvalue weighted by molar-refractivity contribution is 5.87. The molecule has 6 heteroatoms. The number of fused-ring (bicyclic) bond motifs is 1. The summed E-state index contributed by atoms with van der Waals surface area (Å²) in [6, 6.07) is 3.42. The standard InChI is InChI=1S/C12H12F3NO2/c1-11(10(17)18-2)6-7-3-4-8(12(13,14)15)5-9(7)16-11/h3-5,16H,6H2,1-2H3. The number of rotatable bonds is 1. The maximum atomic E-state index is 12.6. The van der Waals surface area contributed by atoms with Gasteiger partial charge in [0.15, 0.2) is 0 Å². The zero-order valence-corrected chi connectivity index (χ0v) is 9.89. The third-order valence-electron chi connectivity index (χ3n) is 3.03.